The van der Waals surface area contributed by atoms with E-state index in [1.807, 2.05) is 13.0 Å². The summed E-state index contributed by atoms with van der Waals surface area (Å²) in [5.74, 6) is 0.569. The predicted octanol–water partition coefficient (Wildman–Crippen LogP) is 1.56. The molecule has 0 bridgehead atoms. The van der Waals surface area contributed by atoms with Gasteiger partial charge in [-0.05, 0) is 13.3 Å². The Hall–Kier alpha value is -1.63. The van der Waals surface area contributed by atoms with Gasteiger partial charge in [0.2, 0.25) is 0 Å². The Morgan fingerprint density at radius 3 is 2.85 bits per heavy atom. The maximum Gasteiger partial charge on any atom is 0.182 e. The highest BCUT2D eigenvalue weighted by Crippen LogP contribution is 2.08. The molecule has 0 aliphatic heterocycles. The summed E-state index contributed by atoms with van der Waals surface area (Å²) >= 11 is 0. The highest BCUT2D eigenvalue weighted by atomic mass is 15.0. The minimum Gasteiger partial charge on any atom is -0.365 e. The summed E-state index contributed by atoms with van der Waals surface area (Å²) in [5, 5.41) is 11.8. The van der Waals surface area contributed by atoms with Crippen molar-refractivity contribution in [1.82, 2.24) is 9.97 Å². The monoisotopic (exact) mass is 176 g/mol. The van der Waals surface area contributed by atoms with Gasteiger partial charge in [-0.15, -0.1) is 0 Å². The van der Waals surface area contributed by atoms with Crippen LogP contribution in [0, 0.1) is 11.3 Å². The summed E-state index contributed by atoms with van der Waals surface area (Å²) in [6, 6.07) is 2.30. The number of anilines is 1. The van der Waals surface area contributed by atoms with E-state index >= 15 is 0 Å². The van der Waals surface area contributed by atoms with Crippen molar-refractivity contribution < 1.29 is 0 Å². The first-order valence-corrected chi connectivity index (χ1v) is 4.25. The number of aromatic nitrogens is 2. The second-order valence-corrected chi connectivity index (χ2v) is 2.82. The molecule has 0 radical (unpaired) electrons. The van der Waals surface area contributed by atoms with Crippen LogP contribution in [0.25, 0.3) is 0 Å². The summed E-state index contributed by atoms with van der Waals surface area (Å²) in [4.78, 5) is 7.94. The largest absolute Gasteiger partial charge is 0.365 e. The fraction of sp³-hybridized carbons (Fsp3) is 0.444. The lowest BCUT2D eigenvalue weighted by molar-refractivity contribution is 0.757. The molecule has 0 aliphatic carbocycles. The van der Waals surface area contributed by atoms with Gasteiger partial charge >= 0.3 is 0 Å². The molecule has 0 fully saturated rings. The molecule has 0 amide bonds. The van der Waals surface area contributed by atoms with Crippen LogP contribution in [0.4, 0.5) is 5.82 Å². The van der Waals surface area contributed by atoms with E-state index in [4.69, 9.17) is 5.26 Å². The van der Waals surface area contributed by atoms with Crippen LogP contribution in [0.2, 0.25) is 0 Å². The van der Waals surface area contributed by atoms with Crippen molar-refractivity contribution in [1.29, 1.82) is 5.26 Å². The second-order valence-electron chi connectivity index (χ2n) is 2.82. The Kier molecular flexibility index (Phi) is 3.21. The van der Waals surface area contributed by atoms with Gasteiger partial charge in [0.1, 0.15) is 6.07 Å². The third-order valence-corrected chi connectivity index (χ3v) is 1.80. The normalized spacial score (nSPS) is 11.8. The quantitative estimate of drug-likeness (QED) is 0.759. The number of nitrogens with one attached hydrogen (secondary N) is 1. The van der Waals surface area contributed by atoms with Crippen LogP contribution in [0.15, 0.2) is 12.4 Å². The minimum absolute atomic E-state index is 0.309. The average molecular weight is 176 g/mol. The van der Waals surface area contributed by atoms with E-state index in [0.717, 1.165) is 6.42 Å². The third kappa shape index (κ3) is 2.41. The summed E-state index contributed by atoms with van der Waals surface area (Å²) < 4.78 is 0. The molecule has 0 saturated carbocycles. The van der Waals surface area contributed by atoms with Crippen LogP contribution >= 0.6 is 0 Å². The maximum absolute atomic E-state index is 8.71. The first-order chi connectivity index (χ1) is 6.27. The van der Waals surface area contributed by atoms with Crippen LogP contribution in [-0.2, 0) is 0 Å². The van der Waals surface area contributed by atoms with E-state index in [1.54, 1.807) is 6.20 Å². The van der Waals surface area contributed by atoms with Crippen LogP contribution < -0.4 is 5.32 Å². The van der Waals surface area contributed by atoms with E-state index in [9.17, 15) is 0 Å². The molecule has 0 aliphatic rings. The Morgan fingerprint density at radius 2 is 2.23 bits per heavy atom. The van der Waals surface area contributed by atoms with Gasteiger partial charge in [0.15, 0.2) is 11.5 Å². The fourth-order valence-corrected chi connectivity index (χ4v) is 0.861. The Labute approximate surface area is 77.6 Å². The SMILES string of the molecule is CCC(C)Nc1nccnc1C#N. The molecule has 0 saturated heterocycles. The van der Waals surface area contributed by atoms with Gasteiger partial charge in [-0.1, -0.05) is 6.92 Å². The fourth-order valence-electron chi connectivity index (χ4n) is 0.861. The average Bonchev–Trinajstić information content (AvgIpc) is 2.18. The molecule has 1 atom stereocenters. The van der Waals surface area contributed by atoms with Gasteiger partial charge < -0.3 is 5.32 Å². The Balaban J connectivity index is 2.82. The Bertz CT molecular complexity index is 316. The zero-order valence-electron chi connectivity index (χ0n) is 7.78. The molecular weight excluding hydrogens is 164 g/mol. The molecule has 0 aromatic carbocycles. The molecule has 1 aromatic rings. The molecule has 0 spiro atoms. The van der Waals surface area contributed by atoms with Crippen molar-refractivity contribution in [3.63, 3.8) is 0 Å². The number of rotatable bonds is 3. The molecule has 4 nitrogen and oxygen atoms in total. The van der Waals surface area contributed by atoms with Crippen LogP contribution in [0.1, 0.15) is 26.0 Å². The minimum atomic E-state index is 0.309. The molecule has 4 heteroatoms. The van der Waals surface area contributed by atoms with Gasteiger partial charge in [0.05, 0.1) is 0 Å². The summed E-state index contributed by atoms with van der Waals surface area (Å²) in [5.41, 5.74) is 0.350. The van der Waals surface area contributed by atoms with E-state index in [1.165, 1.54) is 6.20 Å². The van der Waals surface area contributed by atoms with Crippen molar-refractivity contribution in [3.8, 4) is 6.07 Å². The van der Waals surface area contributed by atoms with Crippen LogP contribution in [0.5, 0.6) is 0 Å². The van der Waals surface area contributed by atoms with Crippen LogP contribution in [0.3, 0.4) is 0 Å². The zero-order chi connectivity index (χ0) is 9.68. The van der Waals surface area contributed by atoms with E-state index in [0.29, 0.717) is 17.6 Å². The van der Waals surface area contributed by atoms with Gasteiger partial charge in [0.25, 0.3) is 0 Å². The van der Waals surface area contributed by atoms with Gasteiger partial charge in [-0.3, -0.25) is 0 Å². The number of nitriles is 1. The molecule has 68 valence electrons. The van der Waals surface area contributed by atoms with Crippen molar-refractivity contribution in [2.24, 2.45) is 0 Å². The topological polar surface area (TPSA) is 61.6 Å². The first kappa shape index (κ1) is 9.46. The molecule has 13 heavy (non-hydrogen) atoms. The highest BCUT2D eigenvalue weighted by molar-refractivity contribution is 5.47. The van der Waals surface area contributed by atoms with Gasteiger partial charge in [0, 0.05) is 18.4 Å². The molecular formula is C9H12N4. The van der Waals surface area contributed by atoms with Crippen LogP contribution in [-0.4, -0.2) is 16.0 Å². The summed E-state index contributed by atoms with van der Waals surface area (Å²) in [7, 11) is 0. The Morgan fingerprint density at radius 1 is 1.54 bits per heavy atom. The van der Waals surface area contributed by atoms with Crippen molar-refractivity contribution in [2.45, 2.75) is 26.3 Å². The number of hydrogen-bond acceptors (Lipinski definition) is 4. The lowest BCUT2D eigenvalue weighted by Crippen LogP contribution is -2.15. The lowest BCUT2D eigenvalue weighted by atomic mass is 10.2. The zero-order valence-corrected chi connectivity index (χ0v) is 7.78. The number of nitrogens with zero attached hydrogens (tertiary/aromatic N) is 3. The third-order valence-electron chi connectivity index (χ3n) is 1.80. The molecule has 1 N–H and O–H groups in total. The van der Waals surface area contributed by atoms with E-state index < -0.39 is 0 Å². The van der Waals surface area contributed by atoms with Crippen molar-refractivity contribution >= 4 is 5.82 Å². The molecule has 1 unspecified atom stereocenters. The lowest BCUT2D eigenvalue weighted by Gasteiger charge is -2.11. The summed E-state index contributed by atoms with van der Waals surface area (Å²) in [6.45, 7) is 4.11. The molecule has 1 rings (SSSR count). The smallest absolute Gasteiger partial charge is 0.182 e. The van der Waals surface area contributed by atoms with Crippen molar-refractivity contribution in [3.05, 3.63) is 18.1 Å². The number of hydrogen-bond donors (Lipinski definition) is 1. The maximum atomic E-state index is 8.71. The summed E-state index contributed by atoms with van der Waals surface area (Å²) in [6.07, 6.45) is 4.08. The predicted molar refractivity (Wildman–Crippen MR) is 50.1 cm³/mol. The second kappa shape index (κ2) is 4.41. The van der Waals surface area contributed by atoms with Gasteiger partial charge in [-0.25, -0.2) is 9.97 Å². The molecule has 1 heterocycles. The van der Waals surface area contributed by atoms with E-state index in [-0.39, 0.29) is 0 Å². The van der Waals surface area contributed by atoms with Gasteiger partial charge in [-0.2, -0.15) is 5.26 Å². The first-order valence-electron chi connectivity index (χ1n) is 4.25. The standard InChI is InChI=1S/C9H12N4/c1-3-7(2)13-9-8(6-10)11-4-5-12-9/h4-5,7H,3H2,1-2H3,(H,12,13). The highest BCUT2D eigenvalue weighted by Gasteiger charge is 2.05. The molecule has 1 aromatic heterocycles. The van der Waals surface area contributed by atoms with Crippen molar-refractivity contribution in [2.75, 3.05) is 5.32 Å². The van der Waals surface area contributed by atoms with E-state index in [2.05, 4.69) is 22.2 Å².